The van der Waals surface area contributed by atoms with Gasteiger partial charge >= 0.3 is 0 Å². The van der Waals surface area contributed by atoms with Crippen LogP contribution in [0.3, 0.4) is 0 Å². The molecule has 27 heavy (non-hydrogen) atoms. The lowest BCUT2D eigenvalue weighted by Crippen LogP contribution is -2.14. The largest absolute Gasteiger partial charge is 0.272 e. The van der Waals surface area contributed by atoms with E-state index in [-0.39, 0.29) is 17.7 Å². The molecule has 1 unspecified atom stereocenters. The fraction of sp³-hybridized carbons (Fsp3) is 0.350. The third-order valence-electron chi connectivity index (χ3n) is 4.48. The van der Waals surface area contributed by atoms with Gasteiger partial charge in [0.15, 0.2) is 0 Å². The van der Waals surface area contributed by atoms with Gasteiger partial charge in [-0.25, -0.2) is 8.89 Å². The first kappa shape index (κ1) is 17.9. The van der Waals surface area contributed by atoms with Crippen molar-refractivity contribution in [2.45, 2.75) is 31.6 Å². The van der Waals surface area contributed by atoms with Crippen molar-refractivity contribution in [1.82, 2.24) is 14.8 Å². The van der Waals surface area contributed by atoms with Gasteiger partial charge in [0.25, 0.3) is 5.91 Å². The lowest BCUT2D eigenvalue weighted by Gasteiger charge is -2.12. The predicted molar refractivity (Wildman–Crippen MR) is 105 cm³/mol. The first-order valence-corrected chi connectivity index (χ1v) is 10.8. The number of fused-ring (bicyclic) bond motifs is 1. The van der Waals surface area contributed by atoms with Crippen molar-refractivity contribution in [2.75, 3.05) is 5.75 Å². The smallest absolute Gasteiger partial charge is 0.257 e. The number of hydrogen-bond donors (Lipinski definition) is 0. The number of amides is 1. The summed E-state index contributed by atoms with van der Waals surface area (Å²) >= 11 is 0. The van der Waals surface area contributed by atoms with Crippen molar-refractivity contribution in [3.8, 4) is 5.69 Å². The summed E-state index contributed by atoms with van der Waals surface area (Å²) in [6.45, 7) is 3.99. The van der Waals surface area contributed by atoms with Crippen molar-refractivity contribution in [1.29, 1.82) is 0 Å². The van der Waals surface area contributed by atoms with Gasteiger partial charge in [0.1, 0.15) is 0 Å². The van der Waals surface area contributed by atoms with Gasteiger partial charge in [-0.05, 0) is 49.1 Å². The van der Waals surface area contributed by atoms with Crippen LogP contribution >= 0.6 is 0 Å². The normalized spacial score (nSPS) is 16.4. The second-order valence-corrected chi connectivity index (χ2v) is 9.68. The Bertz CT molecular complexity index is 1110. The van der Waals surface area contributed by atoms with Crippen LogP contribution < -0.4 is 0 Å². The molecule has 4 rings (SSSR count). The van der Waals surface area contributed by atoms with Crippen LogP contribution in [-0.4, -0.2) is 30.6 Å². The van der Waals surface area contributed by atoms with Crippen molar-refractivity contribution in [3.05, 3.63) is 48.9 Å². The van der Waals surface area contributed by atoms with Crippen LogP contribution in [-0.2, 0) is 14.5 Å². The number of carbonyl (C=O) groups is 1. The molecule has 1 saturated carbocycles. The number of nitrogens with zero attached hydrogens (tertiary/aromatic N) is 4. The predicted octanol–water partition coefficient (Wildman–Crippen LogP) is 3.84. The van der Waals surface area contributed by atoms with E-state index in [2.05, 4.69) is 14.4 Å². The molecule has 140 valence electrons. The molecule has 1 aromatic carbocycles. The molecule has 0 saturated heterocycles. The fourth-order valence-corrected chi connectivity index (χ4v) is 5.32. The van der Waals surface area contributed by atoms with Crippen LogP contribution in [0.1, 0.15) is 26.7 Å². The Labute approximate surface area is 158 Å². The highest BCUT2D eigenvalue weighted by Gasteiger charge is 2.31. The SMILES string of the molecule is CC(C)CS(=O)(=NC(=O)C1CC1)c1ccc2nn(-c3cccnc3)cc2c1. The van der Waals surface area contributed by atoms with Crippen molar-refractivity contribution in [2.24, 2.45) is 16.2 Å². The minimum Gasteiger partial charge on any atom is -0.272 e. The summed E-state index contributed by atoms with van der Waals surface area (Å²) in [5, 5.41) is 5.42. The molecular weight excluding hydrogens is 360 g/mol. The van der Waals surface area contributed by atoms with E-state index in [1.165, 1.54) is 0 Å². The molecule has 2 aromatic heterocycles. The van der Waals surface area contributed by atoms with Gasteiger partial charge in [0.05, 0.1) is 27.1 Å². The molecule has 7 heteroatoms. The Hall–Kier alpha value is -2.54. The van der Waals surface area contributed by atoms with E-state index in [1.807, 2.05) is 44.3 Å². The molecule has 0 N–H and O–H groups in total. The Kier molecular flexibility index (Phi) is 4.55. The molecule has 2 heterocycles. The molecule has 1 aliphatic carbocycles. The van der Waals surface area contributed by atoms with E-state index in [4.69, 9.17) is 0 Å². The number of carbonyl (C=O) groups excluding carboxylic acids is 1. The lowest BCUT2D eigenvalue weighted by molar-refractivity contribution is -0.118. The second kappa shape index (κ2) is 6.88. The van der Waals surface area contributed by atoms with Crippen LogP contribution in [0.25, 0.3) is 16.6 Å². The summed E-state index contributed by atoms with van der Waals surface area (Å²) in [6.07, 6.45) is 7.04. The molecule has 1 aliphatic rings. The van der Waals surface area contributed by atoms with Gasteiger partial charge in [-0.2, -0.15) is 9.46 Å². The van der Waals surface area contributed by atoms with Crippen LogP contribution in [0.15, 0.2) is 58.2 Å². The third-order valence-corrected chi connectivity index (χ3v) is 7.06. The highest BCUT2D eigenvalue weighted by atomic mass is 32.2. The van der Waals surface area contributed by atoms with Crippen LogP contribution in [0.2, 0.25) is 0 Å². The number of benzene rings is 1. The minimum atomic E-state index is -2.79. The summed E-state index contributed by atoms with van der Waals surface area (Å²) < 4.78 is 19.6. The summed E-state index contributed by atoms with van der Waals surface area (Å²) in [5.74, 6) is 0.289. The highest BCUT2D eigenvalue weighted by Crippen LogP contribution is 2.32. The molecule has 6 nitrogen and oxygen atoms in total. The van der Waals surface area contributed by atoms with Crippen LogP contribution in [0, 0.1) is 11.8 Å². The average molecular weight is 382 g/mol. The van der Waals surface area contributed by atoms with Crippen LogP contribution in [0.4, 0.5) is 0 Å². The highest BCUT2D eigenvalue weighted by molar-refractivity contribution is 7.94. The molecule has 0 radical (unpaired) electrons. The molecule has 1 amide bonds. The summed E-state index contributed by atoms with van der Waals surface area (Å²) in [5.41, 5.74) is 1.65. The van der Waals surface area contributed by atoms with Crippen molar-refractivity contribution >= 4 is 26.5 Å². The first-order valence-electron chi connectivity index (χ1n) is 9.13. The molecular formula is C20H22N4O2S. The summed E-state index contributed by atoms with van der Waals surface area (Å²) in [7, 11) is -2.79. The van der Waals surface area contributed by atoms with Crippen molar-refractivity contribution < 1.29 is 9.00 Å². The van der Waals surface area contributed by atoms with E-state index in [1.54, 1.807) is 23.1 Å². The second-order valence-electron chi connectivity index (χ2n) is 7.41. The third kappa shape index (κ3) is 3.78. The van der Waals surface area contributed by atoms with Gasteiger partial charge in [-0.15, -0.1) is 0 Å². The first-order chi connectivity index (χ1) is 12.9. The topological polar surface area (TPSA) is 77.2 Å². The maximum absolute atomic E-state index is 13.6. The number of pyridine rings is 1. The average Bonchev–Trinajstić information content (AvgIpc) is 3.40. The maximum Gasteiger partial charge on any atom is 0.257 e. The van der Waals surface area contributed by atoms with Gasteiger partial charge in [0, 0.05) is 34.3 Å². The fourth-order valence-electron chi connectivity index (χ4n) is 3.01. The Morgan fingerprint density at radius 2 is 2.15 bits per heavy atom. The Balaban J connectivity index is 1.78. The zero-order valence-electron chi connectivity index (χ0n) is 15.4. The summed E-state index contributed by atoms with van der Waals surface area (Å²) in [6, 6.07) is 9.26. The van der Waals surface area contributed by atoms with E-state index >= 15 is 0 Å². The molecule has 1 fully saturated rings. The van der Waals surface area contributed by atoms with E-state index < -0.39 is 9.73 Å². The van der Waals surface area contributed by atoms with Crippen molar-refractivity contribution in [3.63, 3.8) is 0 Å². The molecule has 0 aliphatic heterocycles. The van der Waals surface area contributed by atoms with Gasteiger partial charge in [-0.3, -0.25) is 9.78 Å². The van der Waals surface area contributed by atoms with Gasteiger partial charge in [0.2, 0.25) is 0 Å². The van der Waals surface area contributed by atoms with E-state index in [0.717, 1.165) is 29.4 Å². The van der Waals surface area contributed by atoms with Gasteiger partial charge in [-0.1, -0.05) is 13.8 Å². The van der Waals surface area contributed by atoms with Gasteiger partial charge < -0.3 is 0 Å². The van der Waals surface area contributed by atoms with E-state index in [0.29, 0.717) is 10.6 Å². The van der Waals surface area contributed by atoms with Crippen LogP contribution in [0.5, 0.6) is 0 Å². The number of hydrogen-bond acceptors (Lipinski definition) is 4. The minimum absolute atomic E-state index is 0.0324. The lowest BCUT2D eigenvalue weighted by atomic mass is 10.3. The molecule has 0 spiro atoms. The number of rotatable bonds is 5. The standard InChI is InChI=1S/C20H22N4O2S/c1-14(2)13-27(26,23-20(25)15-5-6-15)18-7-8-19-16(10-18)12-24(22-19)17-4-3-9-21-11-17/h3-4,7-12,14-15H,5-6,13H2,1-2H3. The number of aromatic nitrogens is 3. The molecule has 0 bridgehead atoms. The summed E-state index contributed by atoms with van der Waals surface area (Å²) in [4.78, 5) is 17.0. The zero-order chi connectivity index (χ0) is 19.0. The maximum atomic E-state index is 13.6. The zero-order valence-corrected chi connectivity index (χ0v) is 16.2. The Morgan fingerprint density at radius 1 is 1.33 bits per heavy atom. The van der Waals surface area contributed by atoms with E-state index in [9.17, 15) is 9.00 Å². The molecule has 3 aromatic rings. The Morgan fingerprint density at radius 3 is 2.81 bits per heavy atom. The molecule has 1 atom stereocenters. The quantitative estimate of drug-likeness (QED) is 0.672. The monoisotopic (exact) mass is 382 g/mol.